The highest BCUT2D eigenvalue weighted by Gasteiger charge is 2.09. The molecule has 2 nitrogen and oxygen atoms in total. The van der Waals surface area contributed by atoms with E-state index in [1.807, 2.05) is 25.1 Å². The number of ether oxygens (including phenoxy) is 1. The van der Waals surface area contributed by atoms with Gasteiger partial charge in [0.25, 0.3) is 0 Å². The number of rotatable bonds is 4. The van der Waals surface area contributed by atoms with Gasteiger partial charge in [-0.1, -0.05) is 19.1 Å². The zero-order valence-electron chi connectivity index (χ0n) is 10.2. The van der Waals surface area contributed by atoms with Gasteiger partial charge in [0, 0.05) is 6.42 Å². The van der Waals surface area contributed by atoms with E-state index in [9.17, 15) is 4.79 Å². The molecule has 0 bridgehead atoms. The Kier molecular flexibility index (Phi) is 4.29. The quantitative estimate of drug-likeness (QED) is 0.440. The van der Waals surface area contributed by atoms with Crippen LogP contribution in [0.3, 0.4) is 0 Å². The molecule has 0 amide bonds. The monoisotopic (exact) mass is 218 g/mol. The fourth-order valence-corrected chi connectivity index (χ4v) is 1.63. The van der Waals surface area contributed by atoms with Crippen LogP contribution >= 0.6 is 0 Å². The minimum Gasteiger partial charge on any atom is -0.426 e. The minimum absolute atomic E-state index is 0.198. The molecule has 1 aromatic carbocycles. The van der Waals surface area contributed by atoms with Crippen LogP contribution in [-0.2, 0) is 11.2 Å². The third-order valence-electron chi connectivity index (χ3n) is 2.64. The predicted molar refractivity (Wildman–Crippen MR) is 65.7 cm³/mol. The summed E-state index contributed by atoms with van der Waals surface area (Å²) in [5.41, 5.74) is 3.42. The minimum atomic E-state index is -0.198. The summed E-state index contributed by atoms with van der Waals surface area (Å²) in [6, 6.07) is 3.83. The first kappa shape index (κ1) is 12.5. The van der Waals surface area contributed by atoms with Gasteiger partial charge in [0.15, 0.2) is 0 Å². The fraction of sp³-hybridized carbons (Fsp3) is 0.357. The summed E-state index contributed by atoms with van der Waals surface area (Å²) < 4.78 is 5.26. The van der Waals surface area contributed by atoms with Crippen molar-refractivity contribution >= 4 is 5.97 Å². The molecule has 1 aromatic rings. The van der Waals surface area contributed by atoms with Crippen LogP contribution in [0.15, 0.2) is 24.8 Å². The summed E-state index contributed by atoms with van der Waals surface area (Å²) in [4.78, 5) is 11.2. The number of hydrogen-bond donors (Lipinski definition) is 0. The molecule has 0 fully saturated rings. The van der Waals surface area contributed by atoms with Crippen molar-refractivity contribution in [3.05, 3.63) is 41.5 Å². The standard InChI is InChI=1S/C14H18O2/c1-5-7-12-10(3)8-9-13(11(12)4)16-14(15)6-2/h5,8-9H,1,6-7H2,2-4H3. The average Bonchev–Trinajstić information content (AvgIpc) is 2.28. The number of carbonyl (C=O) groups is 1. The lowest BCUT2D eigenvalue weighted by atomic mass is 9.99. The predicted octanol–water partition coefficient (Wildman–Crippen LogP) is 3.35. The van der Waals surface area contributed by atoms with Crippen molar-refractivity contribution in [3.63, 3.8) is 0 Å². The maximum atomic E-state index is 11.2. The molecule has 0 aliphatic carbocycles. The number of aryl methyl sites for hydroxylation is 1. The third kappa shape index (κ3) is 2.72. The SMILES string of the molecule is C=CCc1c(C)ccc(OC(=O)CC)c1C. The van der Waals surface area contributed by atoms with Gasteiger partial charge in [-0.15, -0.1) is 6.58 Å². The molecular formula is C14H18O2. The van der Waals surface area contributed by atoms with Crippen LogP contribution < -0.4 is 4.74 Å². The molecule has 1 rings (SSSR count). The average molecular weight is 218 g/mol. The maximum Gasteiger partial charge on any atom is 0.310 e. The molecule has 0 heterocycles. The van der Waals surface area contributed by atoms with Crippen LogP contribution in [0.25, 0.3) is 0 Å². The van der Waals surface area contributed by atoms with E-state index in [2.05, 4.69) is 13.5 Å². The van der Waals surface area contributed by atoms with Crippen molar-refractivity contribution < 1.29 is 9.53 Å². The number of benzene rings is 1. The van der Waals surface area contributed by atoms with Crippen LogP contribution in [0, 0.1) is 13.8 Å². The van der Waals surface area contributed by atoms with Crippen molar-refractivity contribution in [2.24, 2.45) is 0 Å². The summed E-state index contributed by atoms with van der Waals surface area (Å²) in [7, 11) is 0. The lowest BCUT2D eigenvalue weighted by Gasteiger charge is -2.12. The second-order valence-corrected chi connectivity index (χ2v) is 3.80. The zero-order valence-corrected chi connectivity index (χ0v) is 10.2. The molecule has 0 N–H and O–H groups in total. The Balaban J connectivity index is 3.07. The van der Waals surface area contributed by atoms with Gasteiger partial charge in [-0.3, -0.25) is 4.79 Å². The van der Waals surface area contributed by atoms with Gasteiger partial charge < -0.3 is 4.74 Å². The molecule has 0 aliphatic heterocycles. The fourth-order valence-electron chi connectivity index (χ4n) is 1.63. The van der Waals surface area contributed by atoms with Crippen molar-refractivity contribution in [1.82, 2.24) is 0 Å². The van der Waals surface area contributed by atoms with E-state index in [-0.39, 0.29) is 5.97 Å². The molecule has 0 spiro atoms. The molecular weight excluding hydrogens is 200 g/mol. The van der Waals surface area contributed by atoms with E-state index in [0.29, 0.717) is 12.2 Å². The van der Waals surface area contributed by atoms with Crippen molar-refractivity contribution in [3.8, 4) is 5.75 Å². The Bertz CT molecular complexity index is 405. The summed E-state index contributed by atoms with van der Waals surface area (Å²) >= 11 is 0. The first-order chi connectivity index (χ1) is 7.60. The summed E-state index contributed by atoms with van der Waals surface area (Å²) in [5, 5.41) is 0. The number of carbonyl (C=O) groups excluding carboxylic acids is 1. The smallest absolute Gasteiger partial charge is 0.310 e. The van der Waals surface area contributed by atoms with Gasteiger partial charge >= 0.3 is 5.97 Å². The van der Waals surface area contributed by atoms with Gasteiger partial charge in [-0.25, -0.2) is 0 Å². The van der Waals surface area contributed by atoms with Gasteiger partial charge in [-0.05, 0) is 43.0 Å². The van der Waals surface area contributed by atoms with Gasteiger partial charge in [0.2, 0.25) is 0 Å². The normalized spacial score (nSPS) is 9.94. The highest BCUT2D eigenvalue weighted by Crippen LogP contribution is 2.25. The molecule has 86 valence electrons. The first-order valence-electron chi connectivity index (χ1n) is 5.50. The molecule has 2 heteroatoms. The molecule has 0 radical (unpaired) electrons. The van der Waals surface area contributed by atoms with Gasteiger partial charge in [0.1, 0.15) is 5.75 Å². The van der Waals surface area contributed by atoms with E-state index in [4.69, 9.17) is 4.74 Å². The molecule has 0 saturated carbocycles. The lowest BCUT2D eigenvalue weighted by Crippen LogP contribution is -2.08. The van der Waals surface area contributed by atoms with Crippen LogP contribution in [-0.4, -0.2) is 5.97 Å². The highest BCUT2D eigenvalue weighted by atomic mass is 16.5. The van der Waals surface area contributed by atoms with Gasteiger partial charge in [-0.2, -0.15) is 0 Å². The van der Waals surface area contributed by atoms with E-state index in [1.54, 1.807) is 6.92 Å². The maximum absolute atomic E-state index is 11.2. The Labute approximate surface area is 96.9 Å². The molecule has 0 aromatic heterocycles. The van der Waals surface area contributed by atoms with Crippen molar-refractivity contribution in [2.75, 3.05) is 0 Å². The van der Waals surface area contributed by atoms with E-state index in [1.165, 1.54) is 11.1 Å². The van der Waals surface area contributed by atoms with E-state index >= 15 is 0 Å². The summed E-state index contributed by atoms with van der Waals surface area (Å²) in [5.74, 6) is 0.464. The largest absolute Gasteiger partial charge is 0.426 e. The Morgan fingerprint density at radius 2 is 2.12 bits per heavy atom. The van der Waals surface area contributed by atoms with Crippen molar-refractivity contribution in [1.29, 1.82) is 0 Å². The lowest BCUT2D eigenvalue weighted by molar-refractivity contribution is -0.134. The zero-order chi connectivity index (χ0) is 12.1. The van der Waals surface area contributed by atoms with Crippen molar-refractivity contribution in [2.45, 2.75) is 33.6 Å². The van der Waals surface area contributed by atoms with E-state index < -0.39 is 0 Å². The summed E-state index contributed by atoms with van der Waals surface area (Å²) in [6.07, 6.45) is 3.06. The topological polar surface area (TPSA) is 26.3 Å². The van der Waals surface area contributed by atoms with Crippen LogP contribution in [0.5, 0.6) is 5.75 Å². The van der Waals surface area contributed by atoms with E-state index in [0.717, 1.165) is 12.0 Å². The molecule has 0 unspecified atom stereocenters. The highest BCUT2D eigenvalue weighted by molar-refractivity contribution is 5.72. The second-order valence-electron chi connectivity index (χ2n) is 3.80. The molecule has 0 aliphatic rings. The Hall–Kier alpha value is -1.57. The molecule has 0 atom stereocenters. The molecule has 0 saturated heterocycles. The first-order valence-corrected chi connectivity index (χ1v) is 5.50. The van der Waals surface area contributed by atoms with Gasteiger partial charge in [0.05, 0.1) is 0 Å². The number of esters is 1. The number of hydrogen-bond acceptors (Lipinski definition) is 2. The second kappa shape index (κ2) is 5.50. The third-order valence-corrected chi connectivity index (χ3v) is 2.64. The number of allylic oxidation sites excluding steroid dienone is 1. The summed E-state index contributed by atoms with van der Waals surface area (Å²) in [6.45, 7) is 9.55. The Morgan fingerprint density at radius 3 is 2.69 bits per heavy atom. The van der Waals surface area contributed by atoms with Crippen LogP contribution in [0.4, 0.5) is 0 Å². The molecule has 16 heavy (non-hydrogen) atoms. The Morgan fingerprint density at radius 1 is 1.44 bits per heavy atom. The van der Waals surface area contributed by atoms with Crippen LogP contribution in [0.1, 0.15) is 30.0 Å². The van der Waals surface area contributed by atoms with Crippen LogP contribution in [0.2, 0.25) is 0 Å².